The SMILES string of the molecule is COC(=O)Cc1nn(-c2ccccn2)c2nc3ccccc3c(Cl)c12. The number of benzene rings is 1. The molecule has 0 saturated heterocycles. The number of pyridine rings is 2. The van der Waals surface area contributed by atoms with Crippen LogP contribution in [0.15, 0.2) is 48.7 Å². The van der Waals surface area contributed by atoms with E-state index < -0.39 is 5.97 Å². The molecule has 3 heterocycles. The zero-order valence-electron chi connectivity index (χ0n) is 13.3. The lowest BCUT2D eigenvalue weighted by Gasteiger charge is -2.04. The monoisotopic (exact) mass is 352 g/mol. The first-order valence-electron chi connectivity index (χ1n) is 7.63. The fourth-order valence-corrected chi connectivity index (χ4v) is 3.11. The summed E-state index contributed by atoms with van der Waals surface area (Å²) in [5, 5.41) is 6.50. The van der Waals surface area contributed by atoms with Crippen molar-refractivity contribution in [2.24, 2.45) is 0 Å². The standard InChI is InChI=1S/C18H13ClN4O2/c1-25-15(24)10-13-16-17(19)11-6-2-3-7-12(11)21-18(16)23(22-13)14-8-4-5-9-20-14/h2-9H,10H2,1H3. The molecule has 7 heteroatoms. The summed E-state index contributed by atoms with van der Waals surface area (Å²) in [6, 6.07) is 13.1. The van der Waals surface area contributed by atoms with Crippen LogP contribution in [-0.4, -0.2) is 32.8 Å². The lowest BCUT2D eigenvalue weighted by molar-refractivity contribution is -0.139. The van der Waals surface area contributed by atoms with Gasteiger partial charge in [-0.3, -0.25) is 4.79 Å². The normalized spacial score (nSPS) is 11.1. The van der Waals surface area contributed by atoms with Crippen molar-refractivity contribution in [2.75, 3.05) is 7.11 Å². The second-order valence-electron chi connectivity index (χ2n) is 5.44. The van der Waals surface area contributed by atoms with E-state index in [1.165, 1.54) is 7.11 Å². The molecule has 0 saturated carbocycles. The van der Waals surface area contributed by atoms with E-state index in [4.69, 9.17) is 21.3 Å². The van der Waals surface area contributed by atoms with Gasteiger partial charge in [0.05, 0.1) is 35.2 Å². The predicted molar refractivity (Wildman–Crippen MR) is 94.9 cm³/mol. The summed E-state index contributed by atoms with van der Waals surface area (Å²) in [4.78, 5) is 20.8. The number of esters is 1. The highest BCUT2D eigenvalue weighted by Crippen LogP contribution is 2.33. The molecule has 0 amide bonds. The Kier molecular flexibility index (Phi) is 3.82. The molecule has 4 rings (SSSR count). The van der Waals surface area contributed by atoms with Gasteiger partial charge in [-0.05, 0) is 18.2 Å². The van der Waals surface area contributed by atoms with Crippen molar-refractivity contribution in [3.63, 3.8) is 0 Å². The molecule has 0 N–H and O–H groups in total. The number of fused-ring (bicyclic) bond motifs is 2. The van der Waals surface area contributed by atoms with Crippen LogP contribution in [0, 0.1) is 0 Å². The molecule has 0 spiro atoms. The van der Waals surface area contributed by atoms with Crippen molar-refractivity contribution in [2.45, 2.75) is 6.42 Å². The van der Waals surface area contributed by atoms with Crippen LogP contribution in [0.3, 0.4) is 0 Å². The summed E-state index contributed by atoms with van der Waals surface area (Å²) in [6.07, 6.45) is 1.68. The lowest BCUT2D eigenvalue weighted by Crippen LogP contribution is -2.06. The molecule has 0 unspecified atom stereocenters. The summed E-state index contributed by atoms with van der Waals surface area (Å²) in [6.45, 7) is 0. The number of nitrogens with zero attached hydrogens (tertiary/aromatic N) is 4. The van der Waals surface area contributed by atoms with E-state index in [1.54, 1.807) is 10.9 Å². The number of halogens is 1. The molecule has 0 fully saturated rings. The van der Waals surface area contributed by atoms with Gasteiger partial charge in [-0.15, -0.1) is 0 Å². The first-order valence-corrected chi connectivity index (χ1v) is 8.01. The molecular formula is C18H13ClN4O2. The van der Waals surface area contributed by atoms with Crippen LogP contribution in [-0.2, 0) is 16.0 Å². The van der Waals surface area contributed by atoms with Gasteiger partial charge >= 0.3 is 5.97 Å². The van der Waals surface area contributed by atoms with Gasteiger partial charge in [-0.1, -0.05) is 35.9 Å². The summed E-state index contributed by atoms with van der Waals surface area (Å²) in [5.74, 6) is 0.208. The van der Waals surface area contributed by atoms with E-state index in [9.17, 15) is 4.79 Å². The molecule has 0 radical (unpaired) electrons. The van der Waals surface area contributed by atoms with Crippen LogP contribution in [0.2, 0.25) is 5.02 Å². The van der Waals surface area contributed by atoms with Crippen molar-refractivity contribution in [1.29, 1.82) is 0 Å². The smallest absolute Gasteiger partial charge is 0.311 e. The van der Waals surface area contributed by atoms with E-state index in [2.05, 4.69) is 10.1 Å². The van der Waals surface area contributed by atoms with Gasteiger partial charge in [-0.2, -0.15) is 9.78 Å². The van der Waals surface area contributed by atoms with Crippen LogP contribution in [0.1, 0.15) is 5.69 Å². The molecule has 25 heavy (non-hydrogen) atoms. The van der Waals surface area contributed by atoms with Gasteiger partial charge in [0.25, 0.3) is 0 Å². The Morgan fingerprint density at radius 3 is 2.76 bits per heavy atom. The molecule has 0 aliphatic carbocycles. The number of methoxy groups -OCH3 is 1. The van der Waals surface area contributed by atoms with Crippen molar-refractivity contribution < 1.29 is 9.53 Å². The summed E-state index contributed by atoms with van der Waals surface area (Å²) < 4.78 is 6.38. The molecule has 0 bridgehead atoms. The van der Waals surface area contributed by atoms with Gasteiger partial charge in [0.1, 0.15) is 0 Å². The maximum Gasteiger partial charge on any atom is 0.311 e. The molecule has 3 aromatic heterocycles. The van der Waals surface area contributed by atoms with Crippen molar-refractivity contribution in [3.8, 4) is 5.82 Å². The molecule has 6 nitrogen and oxygen atoms in total. The van der Waals surface area contributed by atoms with Crippen LogP contribution in [0.4, 0.5) is 0 Å². The first-order chi connectivity index (χ1) is 12.2. The summed E-state index contributed by atoms with van der Waals surface area (Å²) >= 11 is 6.64. The third kappa shape index (κ3) is 2.60. The maximum absolute atomic E-state index is 11.8. The number of aromatic nitrogens is 4. The number of para-hydroxylation sites is 1. The van der Waals surface area contributed by atoms with Crippen molar-refractivity contribution in [3.05, 3.63) is 59.4 Å². The highest BCUT2D eigenvalue weighted by atomic mass is 35.5. The molecule has 1 aromatic carbocycles. The lowest BCUT2D eigenvalue weighted by atomic mass is 10.1. The number of rotatable bonds is 3. The summed E-state index contributed by atoms with van der Waals surface area (Å²) in [7, 11) is 1.34. The average molecular weight is 353 g/mol. The highest BCUT2D eigenvalue weighted by molar-refractivity contribution is 6.40. The Hall–Kier alpha value is -2.99. The van der Waals surface area contributed by atoms with Gasteiger partial charge < -0.3 is 4.74 Å². The molecule has 124 valence electrons. The largest absolute Gasteiger partial charge is 0.469 e. The first kappa shape index (κ1) is 15.5. The highest BCUT2D eigenvalue weighted by Gasteiger charge is 2.21. The second-order valence-corrected chi connectivity index (χ2v) is 5.82. The topological polar surface area (TPSA) is 69.9 Å². The second kappa shape index (κ2) is 6.14. The third-order valence-electron chi connectivity index (χ3n) is 3.93. The fraction of sp³-hybridized carbons (Fsp3) is 0.111. The Morgan fingerprint density at radius 2 is 2.00 bits per heavy atom. The Labute approximate surface area is 148 Å². The van der Waals surface area contributed by atoms with E-state index in [0.29, 0.717) is 27.6 Å². The molecule has 0 aliphatic heterocycles. The number of ether oxygens (including phenoxy) is 1. The van der Waals surface area contributed by atoms with Gasteiger partial charge in [-0.25, -0.2) is 9.97 Å². The van der Waals surface area contributed by atoms with Crippen LogP contribution in [0.5, 0.6) is 0 Å². The van der Waals surface area contributed by atoms with Crippen LogP contribution >= 0.6 is 11.6 Å². The number of carbonyl (C=O) groups excluding carboxylic acids is 1. The van der Waals surface area contributed by atoms with E-state index in [0.717, 1.165) is 10.9 Å². The number of hydrogen-bond donors (Lipinski definition) is 0. The van der Waals surface area contributed by atoms with Crippen LogP contribution in [0.25, 0.3) is 27.8 Å². The van der Waals surface area contributed by atoms with E-state index >= 15 is 0 Å². The number of hydrogen-bond acceptors (Lipinski definition) is 5. The Balaban J connectivity index is 2.07. The summed E-state index contributed by atoms with van der Waals surface area (Å²) in [5.41, 5.74) is 1.82. The molecule has 4 aromatic rings. The molecule has 0 aliphatic rings. The minimum absolute atomic E-state index is 0.00652. The minimum atomic E-state index is -0.392. The van der Waals surface area contributed by atoms with Crippen molar-refractivity contribution in [1.82, 2.24) is 19.7 Å². The van der Waals surface area contributed by atoms with E-state index in [1.807, 2.05) is 42.5 Å². The Morgan fingerprint density at radius 1 is 1.20 bits per heavy atom. The Bertz CT molecular complexity index is 1090. The average Bonchev–Trinajstić information content (AvgIpc) is 3.01. The fourth-order valence-electron chi connectivity index (χ4n) is 2.76. The van der Waals surface area contributed by atoms with E-state index in [-0.39, 0.29) is 6.42 Å². The quantitative estimate of drug-likeness (QED) is 0.529. The maximum atomic E-state index is 11.8. The minimum Gasteiger partial charge on any atom is -0.469 e. The third-order valence-corrected chi connectivity index (χ3v) is 4.32. The predicted octanol–water partition coefficient (Wildman–Crippen LogP) is 3.34. The molecular weight excluding hydrogens is 340 g/mol. The zero-order chi connectivity index (χ0) is 17.4. The van der Waals surface area contributed by atoms with Gasteiger partial charge in [0.15, 0.2) is 11.5 Å². The zero-order valence-corrected chi connectivity index (χ0v) is 14.1. The number of carbonyl (C=O) groups is 1. The van der Waals surface area contributed by atoms with Crippen LogP contribution < -0.4 is 0 Å². The van der Waals surface area contributed by atoms with Gasteiger partial charge in [0, 0.05) is 11.6 Å². The van der Waals surface area contributed by atoms with Crippen molar-refractivity contribution >= 4 is 39.5 Å². The van der Waals surface area contributed by atoms with Gasteiger partial charge in [0.2, 0.25) is 0 Å². The molecule has 0 atom stereocenters.